The van der Waals surface area contributed by atoms with Crippen LogP contribution in [0.25, 0.3) is 0 Å². The van der Waals surface area contributed by atoms with Gasteiger partial charge in [-0.3, -0.25) is 9.59 Å². The van der Waals surface area contributed by atoms with E-state index in [4.69, 9.17) is 0 Å². The second-order valence-electron chi connectivity index (χ2n) is 9.41. The number of hydrogen-bond donors (Lipinski definition) is 3. The van der Waals surface area contributed by atoms with Crippen LogP contribution in [-0.4, -0.2) is 35.2 Å². The Morgan fingerprint density at radius 2 is 2.03 bits per heavy atom. The van der Waals surface area contributed by atoms with Crippen molar-refractivity contribution < 1.29 is 9.59 Å². The predicted octanol–water partition coefficient (Wildman–Crippen LogP) is 4.27. The van der Waals surface area contributed by atoms with Gasteiger partial charge in [0.1, 0.15) is 6.04 Å². The summed E-state index contributed by atoms with van der Waals surface area (Å²) in [6.07, 6.45) is 9.93. The Kier molecular flexibility index (Phi) is 6.75. The molecule has 1 saturated carbocycles. The van der Waals surface area contributed by atoms with Crippen LogP contribution in [0.3, 0.4) is 0 Å². The molecule has 6 heteroatoms. The average Bonchev–Trinajstić information content (AvgIpc) is 3.15. The van der Waals surface area contributed by atoms with Gasteiger partial charge in [-0.05, 0) is 49.3 Å². The molecule has 5 atom stereocenters. The van der Waals surface area contributed by atoms with Crippen molar-refractivity contribution in [3.63, 3.8) is 0 Å². The van der Waals surface area contributed by atoms with E-state index in [1.165, 1.54) is 4.90 Å². The summed E-state index contributed by atoms with van der Waals surface area (Å²) in [5, 5.41) is 10.0. The lowest BCUT2D eigenvalue weighted by atomic mass is 9.98. The van der Waals surface area contributed by atoms with Crippen LogP contribution in [0.2, 0.25) is 0 Å². The molecule has 4 rings (SSSR count). The fourth-order valence-corrected chi connectivity index (χ4v) is 5.81. The Hall–Kier alpha value is -2.21. The summed E-state index contributed by atoms with van der Waals surface area (Å²) in [5.74, 6) is 0.572. The molecule has 1 aliphatic heterocycles. The molecule has 166 valence electrons. The number of anilines is 1. The summed E-state index contributed by atoms with van der Waals surface area (Å²) < 4.78 is 0. The summed E-state index contributed by atoms with van der Waals surface area (Å²) in [6.45, 7) is 6.35. The molecule has 1 aromatic carbocycles. The standard InChI is InChI=1S/C25H33N3O2S/c1-15(2)13-21(25(30)27-18-9-6-7-16(18)3)28-24(29)17-11-12-23-20(14-17)26-19-8-4-5-10-22(19)31-23/h4-5,8,10-12,14-16,18,20-21,23,26H,6-7,9,13H2,1-3H3,(H,27,30)(H,28,29)/t16?,18-,20?,21+,23?/m0/s1. The van der Waals surface area contributed by atoms with Gasteiger partial charge in [-0.1, -0.05) is 51.5 Å². The first-order valence-electron chi connectivity index (χ1n) is 11.4. The minimum absolute atomic E-state index is 0.0562. The number of benzene rings is 1. The number of para-hydroxylation sites is 1. The highest BCUT2D eigenvalue weighted by Gasteiger charge is 2.32. The van der Waals surface area contributed by atoms with Crippen molar-refractivity contribution in [1.29, 1.82) is 0 Å². The first-order chi connectivity index (χ1) is 14.9. The minimum atomic E-state index is -0.512. The molecule has 2 amide bonds. The Morgan fingerprint density at radius 3 is 2.77 bits per heavy atom. The van der Waals surface area contributed by atoms with Crippen molar-refractivity contribution in [3.05, 3.63) is 48.1 Å². The summed E-state index contributed by atoms with van der Waals surface area (Å²) in [4.78, 5) is 27.3. The van der Waals surface area contributed by atoms with Gasteiger partial charge >= 0.3 is 0 Å². The molecule has 0 aromatic heterocycles. The van der Waals surface area contributed by atoms with Crippen LogP contribution in [0.1, 0.15) is 46.5 Å². The third-order valence-corrected chi connectivity index (χ3v) is 7.76. The van der Waals surface area contributed by atoms with Gasteiger partial charge in [0.15, 0.2) is 0 Å². The lowest BCUT2D eigenvalue weighted by Crippen LogP contribution is -2.51. The van der Waals surface area contributed by atoms with Gasteiger partial charge < -0.3 is 16.0 Å². The van der Waals surface area contributed by atoms with E-state index in [2.05, 4.69) is 54.9 Å². The number of nitrogens with one attached hydrogen (secondary N) is 3. The number of hydrogen-bond acceptors (Lipinski definition) is 4. The Labute approximate surface area is 189 Å². The lowest BCUT2D eigenvalue weighted by Gasteiger charge is -2.33. The van der Waals surface area contributed by atoms with Crippen LogP contribution in [0.5, 0.6) is 0 Å². The minimum Gasteiger partial charge on any atom is -0.376 e. The van der Waals surface area contributed by atoms with Crippen molar-refractivity contribution in [2.45, 2.75) is 74.7 Å². The van der Waals surface area contributed by atoms with Crippen molar-refractivity contribution in [2.24, 2.45) is 11.8 Å². The highest BCUT2D eigenvalue weighted by molar-refractivity contribution is 8.00. The average molecular weight is 440 g/mol. The third kappa shape index (κ3) is 5.17. The number of carbonyl (C=O) groups is 2. The molecule has 3 N–H and O–H groups in total. The first-order valence-corrected chi connectivity index (χ1v) is 12.3. The van der Waals surface area contributed by atoms with Gasteiger partial charge in [-0.2, -0.15) is 0 Å². The van der Waals surface area contributed by atoms with Gasteiger partial charge in [-0.25, -0.2) is 0 Å². The Bertz CT molecular complexity index is 895. The fourth-order valence-electron chi connectivity index (χ4n) is 4.65. The third-order valence-electron chi connectivity index (χ3n) is 6.43. The Morgan fingerprint density at radius 1 is 1.23 bits per heavy atom. The van der Waals surface area contributed by atoms with E-state index in [1.54, 1.807) is 0 Å². The number of thioether (sulfide) groups is 1. The SMILES string of the molecule is CC(C)C[C@@H](NC(=O)C1=CC2Nc3ccccc3SC2C=C1)C(=O)N[C@H]1CCCC1C. The quantitative estimate of drug-likeness (QED) is 0.619. The number of carbonyl (C=O) groups excluding carboxylic acids is 2. The van der Waals surface area contributed by atoms with E-state index in [-0.39, 0.29) is 29.1 Å². The summed E-state index contributed by atoms with van der Waals surface area (Å²) in [7, 11) is 0. The summed E-state index contributed by atoms with van der Waals surface area (Å²) in [6, 6.07) is 8.01. The van der Waals surface area contributed by atoms with E-state index in [1.807, 2.05) is 36.0 Å². The zero-order valence-electron chi connectivity index (χ0n) is 18.6. The van der Waals surface area contributed by atoms with Gasteiger partial charge in [0.25, 0.3) is 5.91 Å². The molecule has 3 aliphatic rings. The van der Waals surface area contributed by atoms with Gasteiger partial charge in [0.2, 0.25) is 5.91 Å². The highest BCUT2D eigenvalue weighted by atomic mass is 32.2. The normalized spacial score (nSPS) is 27.5. The van der Waals surface area contributed by atoms with Crippen LogP contribution in [0.15, 0.2) is 53.0 Å². The maximum atomic E-state index is 13.1. The Balaban J connectivity index is 1.43. The van der Waals surface area contributed by atoms with E-state index in [9.17, 15) is 9.59 Å². The molecular formula is C25H33N3O2S. The molecule has 1 heterocycles. The summed E-state index contributed by atoms with van der Waals surface area (Å²) in [5.41, 5.74) is 1.72. The van der Waals surface area contributed by atoms with Gasteiger partial charge in [-0.15, -0.1) is 11.8 Å². The van der Waals surface area contributed by atoms with Crippen molar-refractivity contribution in [2.75, 3.05) is 5.32 Å². The zero-order valence-corrected chi connectivity index (χ0v) is 19.4. The van der Waals surface area contributed by atoms with Crippen molar-refractivity contribution in [1.82, 2.24) is 10.6 Å². The predicted molar refractivity (Wildman–Crippen MR) is 127 cm³/mol. The number of amides is 2. The molecule has 0 spiro atoms. The molecule has 2 aliphatic carbocycles. The lowest BCUT2D eigenvalue weighted by molar-refractivity contribution is -0.128. The number of rotatable bonds is 6. The topological polar surface area (TPSA) is 70.2 Å². The molecule has 1 aromatic rings. The molecule has 31 heavy (non-hydrogen) atoms. The highest BCUT2D eigenvalue weighted by Crippen LogP contribution is 2.40. The molecule has 1 fully saturated rings. The molecule has 0 bridgehead atoms. The van der Waals surface area contributed by atoms with Crippen LogP contribution >= 0.6 is 11.8 Å². The van der Waals surface area contributed by atoms with E-state index in [0.717, 1.165) is 24.9 Å². The van der Waals surface area contributed by atoms with E-state index < -0.39 is 6.04 Å². The van der Waals surface area contributed by atoms with E-state index >= 15 is 0 Å². The zero-order chi connectivity index (χ0) is 22.0. The van der Waals surface area contributed by atoms with Crippen LogP contribution in [0, 0.1) is 11.8 Å². The second-order valence-corrected chi connectivity index (χ2v) is 10.6. The fraction of sp³-hybridized carbons (Fsp3) is 0.520. The maximum Gasteiger partial charge on any atom is 0.251 e. The number of fused-ring (bicyclic) bond motifs is 2. The molecular weight excluding hydrogens is 406 g/mol. The molecule has 0 saturated heterocycles. The largest absolute Gasteiger partial charge is 0.376 e. The van der Waals surface area contributed by atoms with Crippen molar-refractivity contribution >= 4 is 29.3 Å². The smallest absolute Gasteiger partial charge is 0.251 e. The summed E-state index contributed by atoms with van der Waals surface area (Å²) >= 11 is 1.81. The van der Waals surface area contributed by atoms with E-state index in [0.29, 0.717) is 23.8 Å². The molecule has 0 radical (unpaired) electrons. The van der Waals surface area contributed by atoms with Crippen LogP contribution < -0.4 is 16.0 Å². The van der Waals surface area contributed by atoms with Gasteiger partial charge in [0, 0.05) is 22.2 Å². The van der Waals surface area contributed by atoms with Gasteiger partial charge in [0.05, 0.1) is 11.3 Å². The molecule has 3 unspecified atom stereocenters. The van der Waals surface area contributed by atoms with Crippen LogP contribution in [-0.2, 0) is 9.59 Å². The molecule has 5 nitrogen and oxygen atoms in total. The van der Waals surface area contributed by atoms with Crippen LogP contribution in [0.4, 0.5) is 5.69 Å². The second kappa shape index (κ2) is 9.51. The monoisotopic (exact) mass is 439 g/mol. The first kappa shape index (κ1) is 22.0. The maximum absolute atomic E-state index is 13.1. The van der Waals surface area contributed by atoms with Crippen molar-refractivity contribution in [3.8, 4) is 0 Å².